The van der Waals surface area contributed by atoms with E-state index in [1.807, 2.05) is 30.3 Å². The largest absolute Gasteiger partial charge is 0.493 e. The summed E-state index contributed by atoms with van der Waals surface area (Å²) in [5.41, 5.74) is 2.06. The Bertz CT molecular complexity index is 772. The normalized spacial score (nSPS) is 10.6. The molecule has 0 atom stereocenters. The summed E-state index contributed by atoms with van der Waals surface area (Å²) in [5.74, 6) is 1.07. The Hall–Kier alpha value is -2.75. The molecule has 0 unspecified atom stereocenters. The van der Waals surface area contributed by atoms with E-state index in [1.165, 1.54) is 0 Å². The maximum atomic E-state index is 12.6. The zero-order valence-electron chi connectivity index (χ0n) is 11.8. The van der Waals surface area contributed by atoms with Crippen LogP contribution in [-0.4, -0.2) is 25.0 Å². The molecule has 0 aliphatic rings. The number of ether oxygens (including phenoxy) is 2. The second-order valence-electron chi connectivity index (χ2n) is 4.67. The van der Waals surface area contributed by atoms with Gasteiger partial charge in [-0.3, -0.25) is 4.79 Å². The Morgan fingerprint density at radius 1 is 0.952 bits per heavy atom. The molecule has 1 heterocycles. The summed E-state index contributed by atoms with van der Waals surface area (Å²) in [4.78, 5) is 15.7. The van der Waals surface area contributed by atoms with Crippen LogP contribution in [0.25, 0.3) is 10.9 Å². The summed E-state index contributed by atoms with van der Waals surface area (Å²) in [6.07, 6.45) is 0. The predicted octanol–water partition coefficient (Wildman–Crippen LogP) is 3.42. The van der Waals surface area contributed by atoms with Crippen LogP contribution in [0.5, 0.6) is 11.5 Å². The predicted molar refractivity (Wildman–Crippen MR) is 81.3 cm³/mol. The lowest BCUT2D eigenvalue weighted by molar-refractivity contribution is 0.103. The molecule has 1 aromatic heterocycles. The van der Waals surface area contributed by atoms with Gasteiger partial charge in [-0.1, -0.05) is 18.2 Å². The summed E-state index contributed by atoms with van der Waals surface area (Å²) in [7, 11) is 3.12. The molecular weight excluding hydrogens is 266 g/mol. The van der Waals surface area contributed by atoms with Crippen LogP contribution in [0.1, 0.15) is 16.1 Å². The number of methoxy groups -OCH3 is 2. The molecule has 0 bridgehead atoms. The first-order valence-corrected chi connectivity index (χ1v) is 6.57. The molecule has 0 spiro atoms. The van der Waals surface area contributed by atoms with Gasteiger partial charge in [0, 0.05) is 16.5 Å². The molecule has 0 saturated carbocycles. The van der Waals surface area contributed by atoms with Crippen molar-refractivity contribution in [1.82, 2.24) is 4.98 Å². The fraction of sp³-hybridized carbons (Fsp3) is 0.118. The fourth-order valence-electron chi connectivity index (χ4n) is 2.33. The van der Waals surface area contributed by atoms with Crippen LogP contribution in [0.3, 0.4) is 0 Å². The van der Waals surface area contributed by atoms with Gasteiger partial charge in [0.2, 0.25) is 5.78 Å². The lowest BCUT2D eigenvalue weighted by Gasteiger charge is -2.08. The number of carbonyl (C=O) groups is 1. The van der Waals surface area contributed by atoms with Gasteiger partial charge in [-0.25, -0.2) is 0 Å². The first kappa shape index (κ1) is 13.2. The van der Waals surface area contributed by atoms with E-state index < -0.39 is 0 Å². The maximum absolute atomic E-state index is 12.6. The lowest BCUT2D eigenvalue weighted by Crippen LogP contribution is -2.02. The molecule has 3 rings (SSSR count). The Labute approximate surface area is 122 Å². The van der Waals surface area contributed by atoms with Crippen molar-refractivity contribution in [3.05, 3.63) is 59.8 Å². The number of H-pyrrole nitrogens is 1. The summed E-state index contributed by atoms with van der Waals surface area (Å²) < 4.78 is 10.4. The number of ketones is 1. The molecule has 0 saturated heterocycles. The van der Waals surface area contributed by atoms with Crippen molar-refractivity contribution in [3.8, 4) is 11.5 Å². The number of para-hydroxylation sites is 1. The van der Waals surface area contributed by atoms with E-state index in [4.69, 9.17) is 9.47 Å². The molecule has 0 aliphatic heterocycles. The zero-order chi connectivity index (χ0) is 14.8. The van der Waals surface area contributed by atoms with Crippen molar-refractivity contribution in [3.63, 3.8) is 0 Å². The smallest absolute Gasteiger partial charge is 0.209 e. The number of benzene rings is 2. The average molecular weight is 281 g/mol. The van der Waals surface area contributed by atoms with Gasteiger partial charge in [-0.15, -0.1) is 0 Å². The van der Waals surface area contributed by atoms with Gasteiger partial charge in [-0.05, 0) is 30.3 Å². The van der Waals surface area contributed by atoms with Crippen molar-refractivity contribution in [1.29, 1.82) is 0 Å². The van der Waals surface area contributed by atoms with E-state index >= 15 is 0 Å². The SMILES string of the molecule is COc1ccc(C(=O)c2cc3ccccc3[nH]2)cc1OC. The minimum absolute atomic E-state index is 0.0767. The first-order chi connectivity index (χ1) is 10.2. The topological polar surface area (TPSA) is 51.3 Å². The molecule has 21 heavy (non-hydrogen) atoms. The highest BCUT2D eigenvalue weighted by Gasteiger charge is 2.14. The third kappa shape index (κ3) is 2.36. The summed E-state index contributed by atoms with van der Waals surface area (Å²) in [6, 6.07) is 14.8. The van der Waals surface area contributed by atoms with Crippen molar-refractivity contribution in [2.75, 3.05) is 14.2 Å². The highest BCUT2D eigenvalue weighted by atomic mass is 16.5. The third-order valence-corrected chi connectivity index (χ3v) is 3.42. The van der Waals surface area contributed by atoms with E-state index in [2.05, 4.69) is 4.98 Å². The van der Waals surface area contributed by atoms with Gasteiger partial charge in [0.15, 0.2) is 11.5 Å². The monoisotopic (exact) mass is 281 g/mol. The summed E-state index contributed by atoms with van der Waals surface area (Å²) in [5, 5.41) is 1.02. The quantitative estimate of drug-likeness (QED) is 0.745. The number of hydrogen-bond acceptors (Lipinski definition) is 3. The van der Waals surface area contributed by atoms with Crippen molar-refractivity contribution in [2.45, 2.75) is 0 Å². The molecule has 0 radical (unpaired) electrons. The molecule has 2 aromatic carbocycles. The van der Waals surface area contributed by atoms with E-state index in [9.17, 15) is 4.79 Å². The highest BCUT2D eigenvalue weighted by molar-refractivity contribution is 6.10. The molecular formula is C17H15NO3. The van der Waals surface area contributed by atoms with Gasteiger partial charge in [0.05, 0.1) is 19.9 Å². The summed E-state index contributed by atoms with van der Waals surface area (Å²) in [6.45, 7) is 0. The van der Waals surface area contributed by atoms with Crippen LogP contribution < -0.4 is 9.47 Å². The Kier molecular flexibility index (Phi) is 3.36. The Morgan fingerprint density at radius 3 is 2.43 bits per heavy atom. The van der Waals surface area contributed by atoms with Crippen molar-refractivity contribution in [2.24, 2.45) is 0 Å². The second-order valence-corrected chi connectivity index (χ2v) is 4.67. The van der Waals surface area contributed by atoms with Gasteiger partial charge >= 0.3 is 0 Å². The Morgan fingerprint density at radius 2 is 1.71 bits per heavy atom. The van der Waals surface area contributed by atoms with Crippen molar-refractivity contribution < 1.29 is 14.3 Å². The number of aromatic amines is 1. The number of hydrogen-bond donors (Lipinski definition) is 1. The standard InChI is InChI=1S/C17H15NO3/c1-20-15-8-7-12(10-16(15)21-2)17(19)14-9-11-5-3-4-6-13(11)18-14/h3-10,18H,1-2H3. The van der Waals surface area contributed by atoms with Gasteiger partial charge in [0.1, 0.15) is 0 Å². The minimum Gasteiger partial charge on any atom is -0.493 e. The minimum atomic E-state index is -0.0767. The van der Waals surface area contributed by atoms with Crippen LogP contribution in [-0.2, 0) is 0 Å². The average Bonchev–Trinajstić information content (AvgIpc) is 2.97. The molecule has 0 aliphatic carbocycles. The number of rotatable bonds is 4. The van der Waals surface area contributed by atoms with E-state index in [0.717, 1.165) is 10.9 Å². The van der Waals surface area contributed by atoms with Crippen LogP contribution >= 0.6 is 0 Å². The first-order valence-electron chi connectivity index (χ1n) is 6.57. The van der Waals surface area contributed by atoms with E-state index in [0.29, 0.717) is 22.8 Å². The van der Waals surface area contributed by atoms with Crippen LogP contribution in [0.2, 0.25) is 0 Å². The molecule has 1 N–H and O–H groups in total. The molecule has 4 heteroatoms. The van der Waals surface area contributed by atoms with Gasteiger partial charge in [0.25, 0.3) is 0 Å². The maximum Gasteiger partial charge on any atom is 0.209 e. The molecule has 106 valence electrons. The number of nitrogens with one attached hydrogen (secondary N) is 1. The highest BCUT2D eigenvalue weighted by Crippen LogP contribution is 2.28. The second kappa shape index (κ2) is 5.32. The number of carbonyl (C=O) groups excluding carboxylic acids is 1. The van der Waals surface area contributed by atoms with Crippen LogP contribution in [0, 0.1) is 0 Å². The van der Waals surface area contributed by atoms with Crippen LogP contribution in [0.4, 0.5) is 0 Å². The lowest BCUT2D eigenvalue weighted by atomic mass is 10.1. The number of aromatic nitrogens is 1. The molecule has 4 nitrogen and oxygen atoms in total. The van der Waals surface area contributed by atoms with Crippen molar-refractivity contribution >= 4 is 16.7 Å². The van der Waals surface area contributed by atoms with Crippen LogP contribution in [0.15, 0.2) is 48.5 Å². The molecule has 3 aromatic rings. The van der Waals surface area contributed by atoms with E-state index in [1.54, 1.807) is 32.4 Å². The fourth-order valence-corrected chi connectivity index (χ4v) is 2.33. The zero-order valence-corrected chi connectivity index (χ0v) is 11.8. The third-order valence-electron chi connectivity index (χ3n) is 3.42. The van der Waals surface area contributed by atoms with Gasteiger partial charge < -0.3 is 14.5 Å². The molecule has 0 fully saturated rings. The summed E-state index contributed by atoms with van der Waals surface area (Å²) >= 11 is 0. The van der Waals surface area contributed by atoms with E-state index in [-0.39, 0.29) is 5.78 Å². The Balaban J connectivity index is 2.01. The molecule has 0 amide bonds. The van der Waals surface area contributed by atoms with Gasteiger partial charge in [-0.2, -0.15) is 0 Å². The number of fused-ring (bicyclic) bond motifs is 1.